The molecule has 0 atom stereocenters. The number of hydrogen-bond acceptors (Lipinski definition) is 9. The molecular weight excluding hydrogens is 408 g/mol. The van der Waals surface area contributed by atoms with Crippen molar-refractivity contribution in [3.63, 3.8) is 0 Å². The lowest BCUT2D eigenvalue weighted by Crippen LogP contribution is -2.37. The zero-order valence-electron chi connectivity index (χ0n) is 17.5. The number of benzene rings is 1. The molecule has 0 radical (unpaired) electrons. The van der Waals surface area contributed by atoms with Gasteiger partial charge in [-0.3, -0.25) is 4.98 Å². The molecule has 0 spiro atoms. The summed E-state index contributed by atoms with van der Waals surface area (Å²) in [7, 11) is 1.64. The fraction of sp³-hybridized carbons (Fsp3) is 0.227. The summed E-state index contributed by atoms with van der Waals surface area (Å²) in [5, 5.41) is 7.91. The van der Waals surface area contributed by atoms with Gasteiger partial charge in [-0.1, -0.05) is 0 Å². The summed E-state index contributed by atoms with van der Waals surface area (Å²) < 4.78 is 12.3. The van der Waals surface area contributed by atoms with E-state index in [4.69, 9.17) is 19.4 Å². The Morgan fingerprint density at radius 2 is 1.84 bits per heavy atom. The number of aromatic nitrogens is 5. The minimum Gasteiger partial charge on any atom is -0.497 e. The van der Waals surface area contributed by atoms with Gasteiger partial charge in [0, 0.05) is 31.2 Å². The molecule has 1 aliphatic heterocycles. The van der Waals surface area contributed by atoms with Gasteiger partial charge in [-0.25, -0.2) is 9.66 Å². The first-order valence-electron chi connectivity index (χ1n) is 10.2. The third kappa shape index (κ3) is 4.21. The van der Waals surface area contributed by atoms with Crippen LogP contribution in [0.2, 0.25) is 0 Å². The zero-order valence-corrected chi connectivity index (χ0v) is 17.5. The van der Waals surface area contributed by atoms with Crippen LogP contribution in [0.4, 0.5) is 17.5 Å². The highest BCUT2D eigenvalue weighted by Gasteiger charge is 2.19. The maximum Gasteiger partial charge on any atom is 0.229 e. The number of nitrogens with zero attached hydrogens (tertiary/aromatic N) is 7. The Morgan fingerprint density at radius 1 is 1.06 bits per heavy atom. The van der Waals surface area contributed by atoms with Crippen molar-refractivity contribution in [2.75, 3.05) is 43.6 Å². The number of rotatable bonds is 6. The smallest absolute Gasteiger partial charge is 0.229 e. The van der Waals surface area contributed by atoms with Crippen LogP contribution in [0.15, 0.2) is 60.2 Å². The van der Waals surface area contributed by atoms with Gasteiger partial charge in [0.15, 0.2) is 17.0 Å². The number of methoxy groups -OCH3 is 1. The number of fused-ring (bicyclic) bond motifs is 1. The van der Waals surface area contributed by atoms with Crippen molar-refractivity contribution in [2.24, 2.45) is 5.10 Å². The molecule has 0 amide bonds. The predicted molar refractivity (Wildman–Crippen MR) is 122 cm³/mol. The minimum atomic E-state index is 0.610. The van der Waals surface area contributed by atoms with Gasteiger partial charge in [-0.2, -0.15) is 15.1 Å². The number of imidazole rings is 1. The average molecular weight is 430 g/mol. The normalized spacial score (nSPS) is 14.2. The second-order valence-corrected chi connectivity index (χ2v) is 7.11. The van der Waals surface area contributed by atoms with Crippen LogP contribution in [0.1, 0.15) is 5.56 Å². The SMILES string of the molecule is COc1ccc(/C=N/n2cnc3c(Nc4ccncc4)nc(N4CCOCC4)nc32)cc1. The molecule has 0 aliphatic carbocycles. The first-order valence-corrected chi connectivity index (χ1v) is 10.2. The van der Waals surface area contributed by atoms with Gasteiger partial charge in [0.05, 0.1) is 26.5 Å². The lowest BCUT2D eigenvalue weighted by Gasteiger charge is -2.27. The average Bonchev–Trinajstić information content (AvgIpc) is 3.27. The van der Waals surface area contributed by atoms with E-state index in [1.807, 2.05) is 36.4 Å². The van der Waals surface area contributed by atoms with E-state index in [0.717, 1.165) is 30.1 Å². The van der Waals surface area contributed by atoms with Gasteiger partial charge < -0.3 is 19.7 Å². The molecule has 32 heavy (non-hydrogen) atoms. The van der Waals surface area contributed by atoms with Crippen molar-refractivity contribution in [2.45, 2.75) is 0 Å². The van der Waals surface area contributed by atoms with Crippen molar-refractivity contribution >= 4 is 34.8 Å². The molecule has 4 heterocycles. The number of ether oxygens (including phenoxy) is 2. The third-order valence-electron chi connectivity index (χ3n) is 5.05. The van der Waals surface area contributed by atoms with Crippen molar-refractivity contribution in [1.29, 1.82) is 0 Å². The highest BCUT2D eigenvalue weighted by atomic mass is 16.5. The van der Waals surface area contributed by atoms with Crippen LogP contribution >= 0.6 is 0 Å². The van der Waals surface area contributed by atoms with E-state index in [9.17, 15) is 0 Å². The second-order valence-electron chi connectivity index (χ2n) is 7.11. The molecule has 1 aromatic carbocycles. The number of hydrogen-bond donors (Lipinski definition) is 1. The van der Waals surface area contributed by atoms with Gasteiger partial charge in [0.25, 0.3) is 0 Å². The van der Waals surface area contributed by atoms with Gasteiger partial charge >= 0.3 is 0 Å². The van der Waals surface area contributed by atoms with Crippen LogP contribution < -0.4 is 15.0 Å². The topological polar surface area (TPSA) is 103 Å². The summed E-state index contributed by atoms with van der Waals surface area (Å²) in [5.41, 5.74) is 3.04. The predicted octanol–water partition coefficient (Wildman–Crippen LogP) is 2.69. The Balaban J connectivity index is 1.53. The third-order valence-corrected chi connectivity index (χ3v) is 5.05. The molecule has 1 saturated heterocycles. The van der Waals surface area contributed by atoms with Crippen molar-refractivity contribution in [3.8, 4) is 5.75 Å². The van der Waals surface area contributed by atoms with Gasteiger partial charge in [0.2, 0.25) is 5.95 Å². The molecule has 10 heteroatoms. The molecule has 1 aliphatic rings. The fourth-order valence-corrected chi connectivity index (χ4v) is 3.34. The molecule has 1 fully saturated rings. The van der Waals surface area contributed by atoms with Crippen LogP contribution in [0.5, 0.6) is 5.75 Å². The van der Waals surface area contributed by atoms with Crippen molar-refractivity contribution in [1.82, 2.24) is 24.6 Å². The fourth-order valence-electron chi connectivity index (χ4n) is 3.34. The lowest BCUT2D eigenvalue weighted by atomic mass is 10.2. The highest BCUT2D eigenvalue weighted by molar-refractivity contribution is 5.87. The minimum absolute atomic E-state index is 0.610. The van der Waals surface area contributed by atoms with Gasteiger partial charge in [-0.15, -0.1) is 0 Å². The molecular formula is C22H22N8O2. The number of pyridine rings is 1. The molecule has 4 aromatic rings. The Labute approximate surface area is 184 Å². The first-order chi connectivity index (χ1) is 15.8. The molecule has 162 valence electrons. The molecule has 1 N–H and O–H groups in total. The summed E-state index contributed by atoms with van der Waals surface area (Å²) >= 11 is 0. The van der Waals surface area contributed by atoms with Crippen LogP contribution in [0.25, 0.3) is 11.2 Å². The highest BCUT2D eigenvalue weighted by Crippen LogP contribution is 2.26. The molecule has 5 rings (SSSR count). The van der Waals surface area contributed by atoms with E-state index in [1.54, 1.807) is 36.7 Å². The first kappa shape index (κ1) is 19.9. The van der Waals surface area contributed by atoms with Crippen molar-refractivity contribution in [3.05, 3.63) is 60.7 Å². The molecule has 3 aromatic heterocycles. The lowest BCUT2D eigenvalue weighted by molar-refractivity contribution is 0.122. The van der Waals surface area contributed by atoms with Crippen LogP contribution in [0, 0.1) is 0 Å². The number of anilines is 3. The quantitative estimate of drug-likeness (QED) is 0.466. The van der Waals surface area contributed by atoms with Crippen LogP contribution in [-0.4, -0.2) is 64.2 Å². The summed E-state index contributed by atoms with van der Waals surface area (Å²) in [4.78, 5) is 20.2. The van der Waals surface area contributed by atoms with Gasteiger partial charge in [-0.05, 0) is 42.0 Å². The summed E-state index contributed by atoms with van der Waals surface area (Å²) in [6, 6.07) is 11.4. The Kier molecular flexibility index (Phi) is 5.58. The maximum absolute atomic E-state index is 5.48. The standard InChI is InChI=1S/C22H22N8O2/c1-31-18-4-2-16(3-5-18)14-25-30-15-24-19-20(26-17-6-8-23-9-7-17)27-22(28-21(19)30)29-10-12-32-13-11-29/h2-9,14-15H,10-13H2,1H3,(H,23,26,27,28)/b25-14+. The van der Waals surface area contributed by atoms with E-state index in [0.29, 0.717) is 36.1 Å². The largest absolute Gasteiger partial charge is 0.497 e. The van der Waals surface area contributed by atoms with Crippen LogP contribution in [-0.2, 0) is 4.74 Å². The second kappa shape index (κ2) is 8.98. The monoisotopic (exact) mass is 430 g/mol. The summed E-state index contributed by atoms with van der Waals surface area (Å²) in [6.07, 6.45) is 6.84. The van der Waals surface area contributed by atoms with E-state index in [2.05, 4.69) is 25.3 Å². The Bertz CT molecular complexity index is 1220. The van der Waals surface area contributed by atoms with E-state index < -0.39 is 0 Å². The van der Waals surface area contributed by atoms with Crippen LogP contribution in [0.3, 0.4) is 0 Å². The van der Waals surface area contributed by atoms with E-state index in [1.165, 1.54) is 0 Å². The van der Waals surface area contributed by atoms with Gasteiger partial charge in [0.1, 0.15) is 12.1 Å². The Morgan fingerprint density at radius 3 is 2.59 bits per heavy atom. The van der Waals surface area contributed by atoms with E-state index >= 15 is 0 Å². The molecule has 0 bridgehead atoms. The maximum atomic E-state index is 5.48. The molecule has 0 unspecified atom stereocenters. The Hall–Kier alpha value is -4.05. The van der Waals surface area contributed by atoms with Crippen molar-refractivity contribution < 1.29 is 9.47 Å². The van der Waals surface area contributed by atoms with E-state index in [-0.39, 0.29) is 0 Å². The summed E-state index contributed by atoms with van der Waals surface area (Å²) in [5.74, 6) is 2.02. The zero-order chi connectivity index (χ0) is 21.8. The number of nitrogens with one attached hydrogen (secondary N) is 1. The molecule has 10 nitrogen and oxygen atoms in total. The summed E-state index contributed by atoms with van der Waals surface area (Å²) in [6.45, 7) is 2.74. The molecule has 0 saturated carbocycles. The number of morpholine rings is 1.